The Balaban J connectivity index is 2.18. The molecule has 7 heteroatoms. The Bertz CT molecular complexity index is 928. The van der Waals surface area contributed by atoms with Gasteiger partial charge in [-0.2, -0.15) is 0 Å². The predicted molar refractivity (Wildman–Crippen MR) is 111 cm³/mol. The lowest BCUT2D eigenvalue weighted by atomic mass is 9.70. The number of allylic oxidation sites excluding steroid dienone is 2. The summed E-state index contributed by atoms with van der Waals surface area (Å²) in [6.45, 7) is 8.28. The van der Waals surface area contributed by atoms with Crippen LogP contribution in [0.2, 0.25) is 0 Å². The van der Waals surface area contributed by atoms with Crippen molar-refractivity contribution in [2.45, 2.75) is 46.5 Å². The maximum absolute atomic E-state index is 13.2. The van der Waals surface area contributed by atoms with Crippen LogP contribution in [0.25, 0.3) is 0 Å². The minimum atomic E-state index is -0.694. The Hall–Kier alpha value is -2.96. The zero-order valence-electron chi connectivity index (χ0n) is 18.2. The molecule has 30 heavy (non-hydrogen) atoms. The summed E-state index contributed by atoms with van der Waals surface area (Å²) < 4.78 is 22.1. The van der Waals surface area contributed by atoms with Gasteiger partial charge in [-0.15, -0.1) is 0 Å². The van der Waals surface area contributed by atoms with Gasteiger partial charge in [-0.3, -0.25) is 4.79 Å². The van der Waals surface area contributed by atoms with Gasteiger partial charge < -0.3 is 24.7 Å². The highest BCUT2D eigenvalue weighted by molar-refractivity contribution is 6.03. The van der Waals surface area contributed by atoms with Gasteiger partial charge in [0.05, 0.1) is 26.2 Å². The van der Waals surface area contributed by atoms with E-state index in [0.717, 1.165) is 0 Å². The Morgan fingerprint density at radius 2 is 1.93 bits per heavy atom. The zero-order valence-corrected chi connectivity index (χ0v) is 18.2. The molecular weight excluding hydrogens is 386 g/mol. The van der Waals surface area contributed by atoms with Crippen molar-refractivity contribution in [2.24, 2.45) is 11.1 Å². The maximum atomic E-state index is 13.2. The van der Waals surface area contributed by atoms with Crippen LogP contribution in [0.4, 0.5) is 0 Å². The third-order valence-corrected chi connectivity index (χ3v) is 5.27. The highest BCUT2D eigenvalue weighted by Crippen LogP contribution is 2.49. The van der Waals surface area contributed by atoms with Crippen LogP contribution in [-0.4, -0.2) is 32.1 Å². The first-order valence-corrected chi connectivity index (χ1v) is 10.1. The second-order valence-electron chi connectivity index (χ2n) is 8.15. The molecule has 1 aliphatic carbocycles. The fourth-order valence-corrected chi connectivity index (χ4v) is 4.06. The van der Waals surface area contributed by atoms with Gasteiger partial charge in [-0.25, -0.2) is 4.79 Å². The Labute approximate surface area is 176 Å². The number of methoxy groups -OCH3 is 1. The second-order valence-corrected chi connectivity index (χ2v) is 8.15. The molecule has 2 aliphatic rings. The van der Waals surface area contributed by atoms with E-state index in [2.05, 4.69) is 0 Å². The van der Waals surface area contributed by atoms with Gasteiger partial charge in [0.15, 0.2) is 17.3 Å². The van der Waals surface area contributed by atoms with Gasteiger partial charge in [-0.1, -0.05) is 19.9 Å². The zero-order chi connectivity index (χ0) is 22.1. The summed E-state index contributed by atoms with van der Waals surface area (Å²) in [6, 6.07) is 5.35. The van der Waals surface area contributed by atoms with Crippen LogP contribution < -0.4 is 15.2 Å². The minimum absolute atomic E-state index is 0.0319. The number of carbonyl (C=O) groups excluding carboxylic acids is 2. The molecule has 0 aromatic heterocycles. The van der Waals surface area contributed by atoms with Gasteiger partial charge >= 0.3 is 5.97 Å². The average molecular weight is 415 g/mol. The topological polar surface area (TPSA) is 97.1 Å². The summed E-state index contributed by atoms with van der Waals surface area (Å²) >= 11 is 0. The highest BCUT2D eigenvalue weighted by atomic mass is 16.5. The predicted octanol–water partition coefficient (Wildman–Crippen LogP) is 3.58. The summed E-state index contributed by atoms with van der Waals surface area (Å²) in [4.78, 5) is 26.0. The van der Waals surface area contributed by atoms with E-state index in [0.29, 0.717) is 47.8 Å². The number of hydrogen-bond donors (Lipinski definition) is 1. The second kappa shape index (κ2) is 8.42. The summed E-state index contributed by atoms with van der Waals surface area (Å²) in [6.07, 6.45) is 0.908. The largest absolute Gasteiger partial charge is 0.493 e. The Kier molecular flexibility index (Phi) is 6.10. The molecule has 0 spiro atoms. The van der Waals surface area contributed by atoms with Crippen molar-refractivity contribution in [3.8, 4) is 11.5 Å². The first-order valence-electron chi connectivity index (χ1n) is 10.1. The van der Waals surface area contributed by atoms with E-state index in [9.17, 15) is 9.59 Å². The first-order chi connectivity index (χ1) is 14.2. The number of Topliss-reactive ketones (excluding diaryl/α,β-unsaturated/α-hetero) is 1. The number of nitrogens with two attached hydrogens (primary N) is 1. The van der Waals surface area contributed by atoms with Crippen molar-refractivity contribution in [3.05, 3.63) is 46.6 Å². The standard InChI is InChI=1S/C23H29NO6/c1-6-28-15-9-8-13(10-16(15)27-5)18-19-14(25)11-23(3,4)12-17(19)30-21(24)20(18)22(26)29-7-2/h8-10,18H,6-7,11-12,24H2,1-5H3/t18-/m0/s1. The fourth-order valence-electron chi connectivity index (χ4n) is 4.06. The summed E-state index contributed by atoms with van der Waals surface area (Å²) in [7, 11) is 1.54. The van der Waals surface area contributed by atoms with E-state index in [1.54, 1.807) is 26.2 Å². The number of esters is 1. The third kappa shape index (κ3) is 4.01. The number of hydrogen-bond acceptors (Lipinski definition) is 7. The van der Waals surface area contributed by atoms with Crippen LogP contribution in [-0.2, 0) is 19.1 Å². The quantitative estimate of drug-likeness (QED) is 0.709. The smallest absolute Gasteiger partial charge is 0.340 e. The number of benzene rings is 1. The van der Waals surface area contributed by atoms with Crippen molar-refractivity contribution >= 4 is 11.8 Å². The lowest BCUT2D eigenvalue weighted by Gasteiger charge is -2.38. The molecule has 1 atom stereocenters. The highest BCUT2D eigenvalue weighted by Gasteiger charge is 2.45. The van der Waals surface area contributed by atoms with E-state index in [1.807, 2.05) is 26.8 Å². The van der Waals surface area contributed by atoms with Crippen LogP contribution in [0.1, 0.15) is 52.0 Å². The summed E-state index contributed by atoms with van der Waals surface area (Å²) in [5, 5.41) is 0. The SMILES string of the molecule is CCOC(=O)C1=C(N)OC2=C(C(=O)CC(C)(C)C2)[C@@H]1c1ccc(OCC)c(OC)c1. The molecule has 0 saturated heterocycles. The number of ether oxygens (including phenoxy) is 4. The van der Waals surface area contributed by atoms with Crippen LogP contribution in [0, 0.1) is 5.41 Å². The molecule has 1 heterocycles. The first kappa shape index (κ1) is 21.7. The van der Waals surface area contributed by atoms with E-state index in [1.165, 1.54) is 0 Å². The van der Waals surface area contributed by atoms with E-state index < -0.39 is 11.9 Å². The monoisotopic (exact) mass is 415 g/mol. The van der Waals surface area contributed by atoms with Crippen molar-refractivity contribution < 1.29 is 28.5 Å². The molecule has 2 N–H and O–H groups in total. The normalized spacial score (nSPS) is 20.4. The lowest BCUT2D eigenvalue weighted by Crippen LogP contribution is -2.35. The van der Waals surface area contributed by atoms with Gasteiger partial charge in [-0.05, 0) is 37.0 Å². The minimum Gasteiger partial charge on any atom is -0.493 e. The van der Waals surface area contributed by atoms with Crippen molar-refractivity contribution in [2.75, 3.05) is 20.3 Å². The molecule has 0 bridgehead atoms. The van der Waals surface area contributed by atoms with Crippen molar-refractivity contribution in [1.29, 1.82) is 0 Å². The molecule has 0 unspecified atom stereocenters. The summed E-state index contributed by atoms with van der Waals surface area (Å²) in [5.41, 5.74) is 7.21. The van der Waals surface area contributed by atoms with Gasteiger partial charge in [0.2, 0.25) is 5.88 Å². The Morgan fingerprint density at radius 1 is 1.20 bits per heavy atom. The average Bonchev–Trinajstić information content (AvgIpc) is 2.66. The van der Waals surface area contributed by atoms with E-state index >= 15 is 0 Å². The van der Waals surface area contributed by atoms with Gasteiger partial charge in [0.1, 0.15) is 11.3 Å². The molecule has 0 radical (unpaired) electrons. The van der Waals surface area contributed by atoms with Gasteiger partial charge in [0, 0.05) is 18.4 Å². The van der Waals surface area contributed by atoms with Crippen LogP contribution >= 0.6 is 0 Å². The molecule has 1 aromatic carbocycles. The fraction of sp³-hybridized carbons (Fsp3) is 0.478. The third-order valence-electron chi connectivity index (χ3n) is 5.27. The Morgan fingerprint density at radius 3 is 2.57 bits per heavy atom. The molecule has 0 amide bonds. The molecule has 1 aliphatic heterocycles. The van der Waals surface area contributed by atoms with Crippen LogP contribution in [0.5, 0.6) is 11.5 Å². The van der Waals surface area contributed by atoms with Gasteiger partial charge in [0.25, 0.3) is 0 Å². The molecular formula is C23H29NO6. The van der Waals surface area contributed by atoms with E-state index in [-0.39, 0.29) is 29.3 Å². The van der Waals surface area contributed by atoms with Crippen molar-refractivity contribution in [3.63, 3.8) is 0 Å². The number of rotatable bonds is 6. The molecule has 0 saturated carbocycles. The summed E-state index contributed by atoms with van der Waals surface area (Å²) in [5.74, 6) is 0.214. The van der Waals surface area contributed by atoms with Crippen molar-refractivity contribution in [1.82, 2.24) is 0 Å². The maximum Gasteiger partial charge on any atom is 0.340 e. The number of carbonyl (C=O) groups is 2. The molecule has 1 aromatic rings. The molecule has 3 rings (SSSR count). The molecule has 0 fully saturated rings. The molecule has 162 valence electrons. The molecule has 7 nitrogen and oxygen atoms in total. The van der Waals surface area contributed by atoms with Crippen LogP contribution in [0.3, 0.4) is 0 Å². The van der Waals surface area contributed by atoms with E-state index in [4.69, 9.17) is 24.7 Å². The number of ketones is 1. The lowest BCUT2D eigenvalue weighted by molar-refractivity contribution is -0.139. The van der Waals surface area contributed by atoms with Crippen LogP contribution in [0.15, 0.2) is 41.0 Å².